The summed E-state index contributed by atoms with van der Waals surface area (Å²) in [5.74, 6) is -1.45. The first-order valence-electron chi connectivity index (χ1n) is 6.26. The van der Waals surface area contributed by atoms with Gasteiger partial charge in [-0.25, -0.2) is 4.79 Å². The summed E-state index contributed by atoms with van der Waals surface area (Å²) in [6.45, 7) is 1.44. The molecule has 1 aliphatic heterocycles. The van der Waals surface area contributed by atoms with E-state index in [0.717, 1.165) is 5.56 Å². The lowest BCUT2D eigenvalue weighted by molar-refractivity contribution is -0.196. The van der Waals surface area contributed by atoms with Crippen molar-refractivity contribution < 1.29 is 29.3 Å². The minimum absolute atomic E-state index is 0.0324. The van der Waals surface area contributed by atoms with Crippen LogP contribution >= 0.6 is 0 Å². The largest absolute Gasteiger partial charge is 0.459 e. The Labute approximate surface area is 115 Å². The normalized spacial score (nSPS) is 30.1. The van der Waals surface area contributed by atoms with Gasteiger partial charge in [-0.05, 0) is 12.5 Å². The molecule has 6 heteroatoms. The zero-order valence-corrected chi connectivity index (χ0v) is 10.9. The van der Waals surface area contributed by atoms with Crippen molar-refractivity contribution in [2.24, 2.45) is 0 Å². The van der Waals surface area contributed by atoms with Crippen molar-refractivity contribution in [3.63, 3.8) is 0 Å². The summed E-state index contributed by atoms with van der Waals surface area (Å²) >= 11 is 0. The monoisotopic (exact) mass is 280 g/mol. The van der Waals surface area contributed by atoms with Crippen molar-refractivity contribution in [2.45, 2.75) is 37.9 Å². The first-order valence-corrected chi connectivity index (χ1v) is 6.26. The molecule has 0 spiro atoms. The second-order valence-corrected chi connectivity index (χ2v) is 4.63. The predicted octanol–water partition coefficient (Wildman–Crippen LogP) is -0.192. The van der Waals surface area contributed by atoms with Gasteiger partial charge in [0.2, 0.25) is 0 Å². The number of ketones is 1. The molecule has 2 rings (SSSR count). The summed E-state index contributed by atoms with van der Waals surface area (Å²) in [6, 6.07) is 9.01. The van der Waals surface area contributed by atoms with Gasteiger partial charge in [-0.15, -0.1) is 0 Å². The molecule has 4 unspecified atom stereocenters. The lowest BCUT2D eigenvalue weighted by Crippen LogP contribution is -2.57. The third-order valence-corrected chi connectivity index (χ3v) is 3.13. The van der Waals surface area contributed by atoms with Gasteiger partial charge in [0.15, 0.2) is 11.9 Å². The van der Waals surface area contributed by atoms with Crippen LogP contribution in [0.2, 0.25) is 0 Å². The Balaban J connectivity index is 1.96. The number of ether oxygens (including phenoxy) is 2. The lowest BCUT2D eigenvalue weighted by atomic mass is 9.97. The molecule has 0 radical (unpaired) electrons. The van der Waals surface area contributed by atoms with Crippen LogP contribution in [0, 0.1) is 0 Å². The topological polar surface area (TPSA) is 93.1 Å². The van der Waals surface area contributed by atoms with E-state index in [4.69, 9.17) is 9.47 Å². The van der Waals surface area contributed by atoms with Gasteiger partial charge in [-0.3, -0.25) is 4.79 Å². The Morgan fingerprint density at radius 2 is 1.95 bits per heavy atom. The maximum Gasteiger partial charge on any atom is 0.338 e. The smallest absolute Gasteiger partial charge is 0.338 e. The molecule has 0 bridgehead atoms. The molecule has 1 aromatic rings. The van der Waals surface area contributed by atoms with Gasteiger partial charge >= 0.3 is 5.97 Å². The fraction of sp³-hybridized carbons (Fsp3) is 0.429. The summed E-state index contributed by atoms with van der Waals surface area (Å²) in [5, 5.41) is 19.2. The van der Waals surface area contributed by atoms with E-state index >= 15 is 0 Å². The number of carbonyl (C=O) groups is 2. The van der Waals surface area contributed by atoms with Crippen molar-refractivity contribution in [1.82, 2.24) is 0 Å². The SMILES string of the molecule is CC1OC(C(=O)OCc2ccccc2)C(O)C(O)C1=O. The third-order valence-electron chi connectivity index (χ3n) is 3.13. The Kier molecular flexibility index (Phi) is 4.49. The van der Waals surface area contributed by atoms with E-state index in [1.807, 2.05) is 6.07 Å². The van der Waals surface area contributed by atoms with Gasteiger partial charge in [0.05, 0.1) is 0 Å². The van der Waals surface area contributed by atoms with Gasteiger partial charge in [0, 0.05) is 0 Å². The summed E-state index contributed by atoms with van der Waals surface area (Å²) in [6.07, 6.45) is -5.56. The molecule has 0 aliphatic carbocycles. The van der Waals surface area contributed by atoms with Crippen molar-refractivity contribution in [1.29, 1.82) is 0 Å². The zero-order valence-electron chi connectivity index (χ0n) is 10.9. The molecule has 0 aromatic heterocycles. The number of esters is 1. The molecular formula is C14H16O6. The Hall–Kier alpha value is -1.76. The minimum atomic E-state index is -1.63. The highest BCUT2D eigenvalue weighted by Crippen LogP contribution is 2.19. The van der Waals surface area contributed by atoms with Crippen molar-refractivity contribution in [2.75, 3.05) is 0 Å². The van der Waals surface area contributed by atoms with Crippen LogP contribution in [-0.2, 0) is 25.7 Å². The second kappa shape index (κ2) is 6.13. The van der Waals surface area contributed by atoms with Gasteiger partial charge in [0.25, 0.3) is 0 Å². The molecule has 0 amide bonds. The number of hydrogen-bond acceptors (Lipinski definition) is 6. The third kappa shape index (κ3) is 3.04. The van der Waals surface area contributed by atoms with Gasteiger partial charge < -0.3 is 19.7 Å². The summed E-state index contributed by atoms with van der Waals surface area (Å²) in [5.41, 5.74) is 0.788. The van der Waals surface area contributed by atoms with Crippen LogP contribution in [0.3, 0.4) is 0 Å². The highest BCUT2D eigenvalue weighted by Gasteiger charge is 2.45. The van der Waals surface area contributed by atoms with Crippen molar-refractivity contribution in [3.8, 4) is 0 Å². The molecule has 2 N–H and O–H groups in total. The van der Waals surface area contributed by atoms with Gasteiger partial charge in [0.1, 0.15) is 24.9 Å². The van der Waals surface area contributed by atoms with Crippen molar-refractivity contribution in [3.05, 3.63) is 35.9 Å². The molecule has 20 heavy (non-hydrogen) atoms. The fourth-order valence-corrected chi connectivity index (χ4v) is 1.95. The maximum absolute atomic E-state index is 11.8. The zero-order chi connectivity index (χ0) is 14.7. The Morgan fingerprint density at radius 1 is 1.30 bits per heavy atom. The van der Waals surface area contributed by atoms with Gasteiger partial charge in [-0.1, -0.05) is 30.3 Å². The number of benzene rings is 1. The number of aliphatic hydroxyl groups is 2. The summed E-state index contributed by atoms with van der Waals surface area (Å²) < 4.78 is 10.1. The molecule has 1 saturated heterocycles. The molecule has 1 aromatic carbocycles. The van der Waals surface area contributed by atoms with Crippen LogP contribution in [-0.4, -0.2) is 46.4 Å². The average molecular weight is 280 g/mol. The van der Waals surface area contributed by atoms with E-state index in [0.29, 0.717) is 0 Å². The first kappa shape index (κ1) is 14.6. The van der Waals surface area contributed by atoms with E-state index in [2.05, 4.69) is 0 Å². The molecule has 4 atom stereocenters. The molecular weight excluding hydrogens is 264 g/mol. The van der Waals surface area contributed by atoms with Crippen LogP contribution in [0.15, 0.2) is 30.3 Å². The molecule has 1 fully saturated rings. The van der Waals surface area contributed by atoms with E-state index in [9.17, 15) is 19.8 Å². The van der Waals surface area contributed by atoms with Crippen LogP contribution in [0.25, 0.3) is 0 Å². The molecule has 1 aliphatic rings. The van der Waals surface area contributed by atoms with Crippen LogP contribution < -0.4 is 0 Å². The second-order valence-electron chi connectivity index (χ2n) is 4.63. The van der Waals surface area contributed by atoms with Crippen LogP contribution in [0.5, 0.6) is 0 Å². The standard InChI is InChI=1S/C14H16O6/c1-8-10(15)11(16)12(17)13(20-8)14(18)19-7-9-5-3-2-4-6-9/h2-6,8,11-13,16-17H,7H2,1H3. The van der Waals surface area contributed by atoms with Crippen LogP contribution in [0.1, 0.15) is 12.5 Å². The van der Waals surface area contributed by atoms with E-state index < -0.39 is 36.2 Å². The Bertz CT molecular complexity index is 486. The summed E-state index contributed by atoms with van der Waals surface area (Å²) in [7, 11) is 0. The molecule has 1 heterocycles. The molecule has 0 saturated carbocycles. The fourth-order valence-electron chi connectivity index (χ4n) is 1.95. The number of aliphatic hydroxyl groups excluding tert-OH is 2. The molecule has 6 nitrogen and oxygen atoms in total. The van der Waals surface area contributed by atoms with E-state index in [1.165, 1.54) is 6.92 Å². The van der Waals surface area contributed by atoms with E-state index in [1.54, 1.807) is 24.3 Å². The number of rotatable bonds is 3. The lowest BCUT2D eigenvalue weighted by Gasteiger charge is -2.33. The quantitative estimate of drug-likeness (QED) is 0.745. The predicted molar refractivity (Wildman–Crippen MR) is 67.6 cm³/mol. The number of carbonyl (C=O) groups excluding carboxylic acids is 2. The van der Waals surface area contributed by atoms with Gasteiger partial charge in [-0.2, -0.15) is 0 Å². The Morgan fingerprint density at radius 3 is 2.60 bits per heavy atom. The molecule has 108 valence electrons. The highest BCUT2D eigenvalue weighted by molar-refractivity contribution is 5.90. The van der Waals surface area contributed by atoms with E-state index in [-0.39, 0.29) is 6.61 Å². The number of hydrogen-bond donors (Lipinski definition) is 2. The first-order chi connectivity index (χ1) is 9.50. The number of Topliss-reactive ketones (excluding diaryl/α,β-unsaturated/α-hetero) is 1. The average Bonchev–Trinajstić information content (AvgIpc) is 2.47. The maximum atomic E-state index is 11.8. The minimum Gasteiger partial charge on any atom is -0.459 e. The highest BCUT2D eigenvalue weighted by atomic mass is 16.6. The van der Waals surface area contributed by atoms with Crippen molar-refractivity contribution >= 4 is 11.8 Å². The summed E-state index contributed by atoms with van der Waals surface area (Å²) in [4.78, 5) is 23.2. The van der Waals surface area contributed by atoms with Crippen LogP contribution in [0.4, 0.5) is 0 Å².